The van der Waals surface area contributed by atoms with E-state index in [4.69, 9.17) is 0 Å². The third kappa shape index (κ3) is 2.21. The van der Waals surface area contributed by atoms with Crippen molar-refractivity contribution in [3.63, 3.8) is 0 Å². The van der Waals surface area contributed by atoms with Crippen LogP contribution in [-0.4, -0.2) is 32.4 Å². The molecule has 4 nitrogen and oxygen atoms in total. The van der Waals surface area contributed by atoms with Crippen LogP contribution in [0.2, 0.25) is 0 Å². The van der Waals surface area contributed by atoms with E-state index in [2.05, 4.69) is 11.6 Å². The quantitative estimate of drug-likeness (QED) is 0.718. The van der Waals surface area contributed by atoms with Gasteiger partial charge in [-0.15, -0.1) is 0 Å². The summed E-state index contributed by atoms with van der Waals surface area (Å²) in [6, 6.07) is 0.117. The van der Waals surface area contributed by atoms with Gasteiger partial charge in [-0.1, -0.05) is 6.92 Å². The average Bonchev–Trinajstić information content (AvgIpc) is 2.09. The molecule has 0 amide bonds. The molecule has 5 heteroatoms. The maximum Gasteiger partial charge on any atom is 0.279 e. The lowest BCUT2D eigenvalue weighted by Gasteiger charge is -2.36. The fourth-order valence-electron chi connectivity index (χ4n) is 1.75. The van der Waals surface area contributed by atoms with Crippen molar-refractivity contribution in [3.05, 3.63) is 0 Å². The van der Waals surface area contributed by atoms with Crippen molar-refractivity contribution in [1.29, 1.82) is 0 Å². The van der Waals surface area contributed by atoms with Crippen LogP contribution in [-0.2, 0) is 10.2 Å². The Hall–Kier alpha value is -0.130. The van der Waals surface area contributed by atoms with E-state index in [1.54, 1.807) is 4.31 Å². The van der Waals surface area contributed by atoms with E-state index in [0.29, 0.717) is 12.5 Å². The van der Waals surface area contributed by atoms with Gasteiger partial charge in [0.05, 0.1) is 0 Å². The van der Waals surface area contributed by atoms with Gasteiger partial charge in [0.2, 0.25) is 0 Å². The van der Waals surface area contributed by atoms with Crippen LogP contribution in [0.5, 0.6) is 0 Å². The molecule has 2 unspecified atom stereocenters. The fourth-order valence-corrected chi connectivity index (χ4v) is 3.00. The molecule has 13 heavy (non-hydrogen) atoms. The van der Waals surface area contributed by atoms with Crippen molar-refractivity contribution < 1.29 is 8.42 Å². The Balaban J connectivity index is 2.80. The summed E-state index contributed by atoms with van der Waals surface area (Å²) in [6.45, 7) is 4.72. The zero-order valence-electron chi connectivity index (χ0n) is 8.45. The Morgan fingerprint density at radius 3 is 2.54 bits per heavy atom. The first-order chi connectivity index (χ1) is 5.99. The molecule has 1 N–H and O–H groups in total. The van der Waals surface area contributed by atoms with Gasteiger partial charge < -0.3 is 0 Å². The van der Waals surface area contributed by atoms with Crippen LogP contribution in [0.4, 0.5) is 0 Å². The van der Waals surface area contributed by atoms with E-state index in [1.807, 2.05) is 6.92 Å². The molecule has 1 fully saturated rings. The highest BCUT2D eigenvalue weighted by Gasteiger charge is 2.32. The third-order valence-corrected chi connectivity index (χ3v) is 4.53. The molecule has 0 radical (unpaired) electrons. The topological polar surface area (TPSA) is 49.4 Å². The molecule has 1 aliphatic rings. The second-order valence-corrected chi connectivity index (χ2v) is 5.51. The molecular weight excluding hydrogens is 188 g/mol. The smallest absolute Gasteiger partial charge is 0.205 e. The molecule has 0 aliphatic carbocycles. The minimum Gasteiger partial charge on any atom is -0.205 e. The van der Waals surface area contributed by atoms with Crippen molar-refractivity contribution in [2.75, 3.05) is 13.6 Å². The second-order valence-electron chi connectivity index (χ2n) is 3.68. The standard InChI is InChI=1S/C8H18N2O2S/c1-7-5-4-6-10(8(7)2)13(11,12)9-3/h7-9H,4-6H2,1-3H3. The lowest BCUT2D eigenvalue weighted by atomic mass is 9.94. The highest BCUT2D eigenvalue weighted by atomic mass is 32.2. The van der Waals surface area contributed by atoms with Crippen molar-refractivity contribution in [2.24, 2.45) is 5.92 Å². The molecule has 2 atom stereocenters. The molecule has 0 aromatic carbocycles. The maximum atomic E-state index is 11.5. The van der Waals surface area contributed by atoms with Gasteiger partial charge in [0.15, 0.2) is 0 Å². The molecule has 0 spiro atoms. The van der Waals surface area contributed by atoms with Crippen molar-refractivity contribution in [1.82, 2.24) is 9.03 Å². The number of nitrogens with zero attached hydrogens (tertiary/aromatic N) is 1. The molecule has 78 valence electrons. The normalized spacial score (nSPS) is 31.9. The van der Waals surface area contributed by atoms with Gasteiger partial charge in [-0.05, 0) is 25.7 Å². The third-order valence-electron chi connectivity index (χ3n) is 2.88. The van der Waals surface area contributed by atoms with E-state index >= 15 is 0 Å². The van der Waals surface area contributed by atoms with Crippen LogP contribution >= 0.6 is 0 Å². The summed E-state index contributed by atoms with van der Waals surface area (Å²) in [6.07, 6.45) is 2.09. The van der Waals surface area contributed by atoms with E-state index in [0.717, 1.165) is 12.8 Å². The minimum atomic E-state index is -3.22. The zero-order chi connectivity index (χ0) is 10.1. The maximum absolute atomic E-state index is 11.5. The summed E-state index contributed by atoms with van der Waals surface area (Å²) in [5.41, 5.74) is 0. The largest absolute Gasteiger partial charge is 0.279 e. The van der Waals surface area contributed by atoms with E-state index < -0.39 is 10.2 Å². The number of hydrogen-bond acceptors (Lipinski definition) is 2. The Morgan fingerprint density at radius 1 is 1.38 bits per heavy atom. The number of piperidine rings is 1. The second kappa shape index (κ2) is 3.94. The SMILES string of the molecule is CNS(=O)(=O)N1CCCC(C)C1C. The summed E-state index contributed by atoms with van der Waals surface area (Å²) in [7, 11) is -1.76. The van der Waals surface area contributed by atoms with Gasteiger partial charge in [0.1, 0.15) is 0 Å². The van der Waals surface area contributed by atoms with Gasteiger partial charge >= 0.3 is 0 Å². The Labute approximate surface area is 80.5 Å². The predicted molar refractivity (Wildman–Crippen MR) is 52.5 cm³/mol. The Kier molecular flexibility index (Phi) is 3.32. The molecule has 1 rings (SSSR count). The Morgan fingerprint density at radius 2 is 2.00 bits per heavy atom. The zero-order valence-corrected chi connectivity index (χ0v) is 9.26. The highest BCUT2D eigenvalue weighted by Crippen LogP contribution is 2.24. The monoisotopic (exact) mass is 206 g/mol. The summed E-state index contributed by atoms with van der Waals surface area (Å²) in [5.74, 6) is 0.455. The summed E-state index contributed by atoms with van der Waals surface area (Å²) in [4.78, 5) is 0. The van der Waals surface area contributed by atoms with Gasteiger partial charge in [-0.25, -0.2) is 4.72 Å². The van der Waals surface area contributed by atoms with Crippen LogP contribution in [0.3, 0.4) is 0 Å². The highest BCUT2D eigenvalue weighted by molar-refractivity contribution is 7.87. The summed E-state index contributed by atoms with van der Waals surface area (Å²) < 4.78 is 27.0. The van der Waals surface area contributed by atoms with E-state index in [-0.39, 0.29) is 6.04 Å². The summed E-state index contributed by atoms with van der Waals surface area (Å²) in [5, 5.41) is 0. The molecule has 0 saturated carbocycles. The van der Waals surface area contributed by atoms with Gasteiger partial charge in [0, 0.05) is 19.6 Å². The van der Waals surface area contributed by atoms with Crippen LogP contribution in [0.1, 0.15) is 26.7 Å². The summed E-state index contributed by atoms with van der Waals surface area (Å²) >= 11 is 0. The number of nitrogens with one attached hydrogen (secondary N) is 1. The van der Waals surface area contributed by atoms with Gasteiger partial charge in [-0.2, -0.15) is 12.7 Å². The van der Waals surface area contributed by atoms with Crippen LogP contribution < -0.4 is 4.72 Å². The molecular formula is C8H18N2O2S. The van der Waals surface area contributed by atoms with Gasteiger partial charge in [-0.3, -0.25) is 0 Å². The molecule has 1 saturated heterocycles. The molecule has 0 aromatic rings. The van der Waals surface area contributed by atoms with Crippen molar-refractivity contribution >= 4 is 10.2 Å². The number of hydrogen-bond donors (Lipinski definition) is 1. The Bertz CT molecular complexity index is 263. The lowest BCUT2D eigenvalue weighted by Crippen LogP contribution is -2.49. The van der Waals surface area contributed by atoms with Crippen LogP contribution in [0.15, 0.2) is 0 Å². The van der Waals surface area contributed by atoms with Crippen LogP contribution in [0, 0.1) is 5.92 Å². The van der Waals surface area contributed by atoms with Crippen molar-refractivity contribution in [3.8, 4) is 0 Å². The first-order valence-corrected chi connectivity index (χ1v) is 6.13. The predicted octanol–water partition coefficient (Wildman–Crippen LogP) is 0.571. The van der Waals surface area contributed by atoms with E-state index in [9.17, 15) is 8.42 Å². The van der Waals surface area contributed by atoms with Gasteiger partial charge in [0.25, 0.3) is 10.2 Å². The van der Waals surface area contributed by atoms with Crippen LogP contribution in [0.25, 0.3) is 0 Å². The fraction of sp³-hybridized carbons (Fsp3) is 1.00. The number of rotatable bonds is 2. The first kappa shape index (κ1) is 10.9. The molecule has 0 bridgehead atoms. The average molecular weight is 206 g/mol. The first-order valence-electron chi connectivity index (χ1n) is 4.69. The van der Waals surface area contributed by atoms with Crippen molar-refractivity contribution in [2.45, 2.75) is 32.7 Å². The molecule has 1 aliphatic heterocycles. The lowest BCUT2D eigenvalue weighted by molar-refractivity contribution is 0.200. The molecule has 0 aromatic heterocycles. The van der Waals surface area contributed by atoms with E-state index in [1.165, 1.54) is 7.05 Å². The molecule has 1 heterocycles. The minimum absolute atomic E-state index is 0.117.